The molecular formula is C19H19FN2O3S2. The van der Waals surface area contributed by atoms with Crippen LogP contribution in [0.4, 0.5) is 4.39 Å². The molecular weight excluding hydrogens is 387 g/mol. The highest BCUT2D eigenvalue weighted by Gasteiger charge is 2.16. The Bertz CT molecular complexity index is 1010. The molecule has 3 rings (SSSR count). The van der Waals surface area contributed by atoms with Gasteiger partial charge in [-0.25, -0.2) is 9.37 Å². The molecule has 142 valence electrons. The van der Waals surface area contributed by atoms with E-state index in [-0.39, 0.29) is 17.3 Å². The Morgan fingerprint density at radius 2 is 2.07 bits per heavy atom. The molecule has 0 aliphatic rings. The minimum atomic E-state index is -0.314. The Balaban J connectivity index is 1.82. The van der Waals surface area contributed by atoms with Gasteiger partial charge in [-0.2, -0.15) is 0 Å². The van der Waals surface area contributed by atoms with Gasteiger partial charge in [-0.15, -0.1) is 11.3 Å². The smallest absolute Gasteiger partial charge is 0.305 e. The first-order valence-electron chi connectivity index (χ1n) is 8.53. The lowest BCUT2D eigenvalue weighted by Gasteiger charge is -2.08. The van der Waals surface area contributed by atoms with Gasteiger partial charge in [0.05, 0.1) is 12.0 Å². The second-order valence-electron chi connectivity index (χ2n) is 5.85. The van der Waals surface area contributed by atoms with E-state index in [1.807, 2.05) is 5.38 Å². The number of hydrogen-bond donors (Lipinski definition) is 0. The zero-order valence-electron chi connectivity index (χ0n) is 15.0. The zero-order valence-corrected chi connectivity index (χ0v) is 16.7. The largest absolute Gasteiger partial charge is 0.466 e. The molecule has 1 aromatic carbocycles. The predicted molar refractivity (Wildman–Crippen MR) is 107 cm³/mol. The Hall–Kier alpha value is -2.19. The SMILES string of the molecule is CCOC(=O)CCCSc1nc2scc(-c3ccc(F)cc3)c2c(=O)n1C. The molecule has 0 aliphatic carbocycles. The van der Waals surface area contributed by atoms with Gasteiger partial charge in [0.1, 0.15) is 10.6 Å². The molecule has 0 amide bonds. The van der Waals surface area contributed by atoms with Crippen LogP contribution in [0.5, 0.6) is 0 Å². The van der Waals surface area contributed by atoms with Crippen LogP contribution >= 0.6 is 23.1 Å². The highest BCUT2D eigenvalue weighted by molar-refractivity contribution is 7.99. The first kappa shape index (κ1) is 19.6. The standard InChI is InChI=1S/C19H19FN2O3S2/c1-3-25-15(23)5-4-10-26-19-21-17-16(18(24)22(19)2)14(11-27-17)12-6-8-13(20)9-7-12/h6-9,11H,3-5,10H2,1-2H3. The highest BCUT2D eigenvalue weighted by atomic mass is 32.2. The van der Waals surface area contributed by atoms with Gasteiger partial charge in [0, 0.05) is 30.2 Å². The molecule has 0 atom stereocenters. The fourth-order valence-corrected chi connectivity index (χ4v) is 4.54. The van der Waals surface area contributed by atoms with Gasteiger partial charge < -0.3 is 4.74 Å². The number of hydrogen-bond acceptors (Lipinski definition) is 6. The Labute approximate surface area is 164 Å². The van der Waals surface area contributed by atoms with E-state index in [1.54, 1.807) is 26.1 Å². The summed E-state index contributed by atoms with van der Waals surface area (Å²) >= 11 is 2.84. The van der Waals surface area contributed by atoms with Crippen molar-refractivity contribution >= 4 is 39.3 Å². The van der Waals surface area contributed by atoms with Gasteiger partial charge in [-0.05, 0) is 31.0 Å². The monoisotopic (exact) mass is 406 g/mol. The lowest BCUT2D eigenvalue weighted by Crippen LogP contribution is -2.19. The van der Waals surface area contributed by atoms with Crippen molar-refractivity contribution in [3.63, 3.8) is 0 Å². The number of halogens is 1. The van der Waals surface area contributed by atoms with Gasteiger partial charge in [0.25, 0.3) is 5.56 Å². The van der Waals surface area contributed by atoms with Crippen molar-refractivity contribution < 1.29 is 13.9 Å². The number of thioether (sulfide) groups is 1. The zero-order chi connectivity index (χ0) is 19.4. The Morgan fingerprint density at radius 3 is 2.78 bits per heavy atom. The maximum atomic E-state index is 13.2. The maximum Gasteiger partial charge on any atom is 0.305 e. The number of aromatic nitrogens is 2. The molecule has 2 aromatic heterocycles. The molecule has 8 heteroatoms. The van der Waals surface area contributed by atoms with E-state index < -0.39 is 0 Å². The molecule has 0 N–H and O–H groups in total. The van der Waals surface area contributed by atoms with Crippen LogP contribution in [0.15, 0.2) is 39.6 Å². The molecule has 0 spiro atoms. The summed E-state index contributed by atoms with van der Waals surface area (Å²) in [5, 5.41) is 3.04. The molecule has 0 aliphatic heterocycles. The van der Waals surface area contributed by atoms with Gasteiger partial charge in [0.2, 0.25) is 0 Å². The van der Waals surface area contributed by atoms with E-state index in [0.29, 0.717) is 40.6 Å². The Morgan fingerprint density at radius 1 is 1.33 bits per heavy atom. The van der Waals surface area contributed by atoms with Crippen LogP contribution < -0.4 is 5.56 Å². The number of rotatable bonds is 7. The summed E-state index contributed by atoms with van der Waals surface area (Å²) in [4.78, 5) is 29.5. The van der Waals surface area contributed by atoms with E-state index >= 15 is 0 Å². The summed E-state index contributed by atoms with van der Waals surface area (Å²) < 4.78 is 19.6. The maximum absolute atomic E-state index is 13.2. The minimum Gasteiger partial charge on any atom is -0.466 e. The van der Waals surface area contributed by atoms with Crippen molar-refractivity contribution in [1.29, 1.82) is 0 Å². The van der Waals surface area contributed by atoms with Crippen LogP contribution in [0.1, 0.15) is 19.8 Å². The highest BCUT2D eigenvalue weighted by Crippen LogP contribution is 2.32. The van der Waals surface area contributed by atoms with Crippen molar-refractivity contribution in [3.8, 4) is 11.1 Å². The van der Waals surface area contributed by atoms with Crippen LogP contribution in [0.25, 0.3) is 21.3 Å². The molecule has 0 saturated carbocycles. The molecule has 5 nitrogen and oxygen atoms in total. The lowest BCUT2D eigenvalue weighted by atomic mass is 10.1. The van der Waals surface area contributed by atoms with E-state index in [0.717, 1.165) is 11.1 Å². The minimum absolute atomic E-state index is 0.131. The number of carbonyl (C=O) groups is 1. The predicted octanol–water partition coefficient (Wildman–Crippen LogP) is 4.24. The summed E-state index contributed by atoms with van der Waals surface area (Å²) in [6, 6.07) is 6.08. The summed E-state index contributed by atoms with van der Waals surface area (Å²) in [6.07, 6.45) is 1.01. The number of thiophene rings is 1. The number of ether oxygens (including phenoxy) is 1. The average molecular weight is 407 g/mol. The molecule has 27 heavy (non-hydrogen) atoms. The van der Waals surface area contributed by atoms with Crippen LogP contribution in [0.2, 0.25) is 0 Å². The Kier molecular flexibility index (Phi) is 6.28. The van der Waals surface area contributed by atoms with E-state index in [4.69, 9.17) is 4.74 Å². The van der Waals surface area contributed by atoms with E-state index in [9.17, 15) is 14.0 Å². The fourth-order valence-electron chi connectivity index (χ4n) is 2.64. The topological polar surface area (TPSA) is 61.2 Å². The number of esters is 1. The first-order chi connectivity index (χ1) is 13.0. The van der Waals surface area contributed by atoms with Crippen LogP contribution in [0.3, 0.4) is 0 Å². The van der Waals surface area contributed by atoms with Crippen LogP contribution in [-0.4, -0.2) is 27.9 Å². The number of nitrogens with zero attached hydrogens (tertiary/aromatic N) is 2. The van der Waals surface area contributed by atoms with Crippen molar-refractivity contribution in [3.05, 3.63) is 45.8 Å². The van der Waals surface area contributed by atoms with Gasteiger partial charge in [-0.1, -0.05) is 23.9 Å². The van der Waals surface area contributed by atoms with E-state index in [2.05, 4.69) is 4.98 Å². The summed E-state index contributed by atoms with van der Waals surface area (Å²) in [5.41, 5.74) is 1.42. The van der Waals surface area contributed by atoms with Crippen molar-refractivity contribution in [2.24, 2.45) is 7.05 Å². The number of fused-ring (bicyclic) bond motifs is 1. The second kappa shape index (κ2) is 8.67. The summed E-state index contributed by atoms with van der Waals surface area (Å²) in [6.45, 7) is 2.16. The second-order valence-corrected chi connectivity index (χ2v) is 7.77. The van der Waals surface area contributed by atoms with Crippen molar-refractivity contribution in [1.82, 2.24) is 9.55 Å². The molecule has 0 saturated heterocycles. The first-order valence-corrected chi connectivity index (χ1v) is 10.4. The molecule has 0 bridgehead atoms. The van der Waals surface area contributed by atoms with Gasteiger partial charge in [0.15, 0.2) is 5.16 Å². The third-order valence-corrected chi connectivity index (χ3v) is 5.98. The molecule has 0 radical (unpaired) electrons. The third kappa shape index (κ3) is 4.39. The summed E-state index contributed by atoms with van der Waals surface area (Å²) in [7, 11) is 1.69. The summed E-state index contributed by atoms with van der Waals surface area (Å²) in [5.74, 6) is 0.143. The number of carbonyl (C=O) groups excluding carboxylic acids is 1. The quantitative estimate of drug-likeness (QED) is 0.254. The fraction of sp³-hybridized carbons (Fsp3) is 0.316. The molecule has 3 aromatic rings. The van der Waals surface area contributed by atoms with Gasteiger partial charge >= 0.3 is 5.97 Å². The molecule has 2 heterocycles. The normalized spacial score (nSPS) is 11.1. The van der Waals surface area contributed by atoms with Crippen LogP contribution in [0, 0.1) is 5.82 Å². The third-order valence-electron chi connectivity index (χ3n) is 3.99. The van der Waals surface area contributed by atoms with Gasteiger partial charge in [-0.3, -0.25) is 14.2 Å². The average Bonchev–Trinajstić information content (AvgIpc) is 3.07. The van der Waals surface area contributed by atoms with Crippen molar-refractivity contribution in [2.75, 3.05) is 12.4 Å². The van der Waals surface area contributed by atoms with Crippen LogP contribution in [-0.2, 0) is 16.6 Å². The molecule has 0 fully saturated rings. The lowest BCUT2D eigenvalue weighted by molar-refractivity contribution is -0.143. The van der Waals surface area contributed by atoms with E-state index in [1.165, 1.54) is 39.8 Å². The molecule has 0 unspecified atom stereocenters. The van der Waals surface area contributed by atoms with Crippen molar-refractivity contribution in [2.45, 2.75) is 24.9 Å². The number of benzene rings is 1.